The zero-order chi connectivity index (χ0) is 18.6. The predicted molar refractivity (Wildman–Crippen MR) is 97.6 cm³/mol. The second kappa shape index (κ2) is 7.08. The number of carbonyl (C=O) groups is 1. The Morgan fingerprint density at radius 1 is 1.07 bits per heavy atom. The topological polar surface area (TPSA) is 122 Å². The minimum Gasteiger partial charge on any atom is -0.289 e. The van der Waals surface area contributed by atoms with Crippen molar-refractivity contribution in [3.05, 3.63) is 66.5 Å². The van der Waals surface area contributed by atoms with Crippen molar-refractivity contribution >= 4 is 11.9 Å². The van der Waals surface area contributed by atoms with Crippen LogP contribution in [0.25, 0.3) is 22.8 Å². The molecule has 0 aromatic carbocycles. The highest BCUT2D eigenvalue weighted by Crippen LogP contribution is 2.17. The van der Waals surface area contributed by atoms with Gasteiger partial charge in [0.2, 0.25) is 5.95 Å². The lowest BCUT2D eigenvalue weighted by Crippen LogP contribution is -2.16. The molecule has 4 rings (SSSR count). The van der Waals surface area contributed by atoms with Gasteiger partial charge in [-0.1, -0.05) is 6.07 Å². The summed E-state index contributed by atoms with van der Waals surface area (Å²) in [6.07, 6.45) is 5.01. The summed E-state index contributed by atoms with van der Waals surface area (Å²) in [6.45, 7) is 1.72. The molecule has 9 nitrogen and oxygen atoms in total. The lowest BCUT2D eigenvalue weighted by Gasteiger charge is -2.05. The highest BCUT2D eigenvalue weighted by Gasteiger charge is 2.15. The molecule has 1 amide bonds. The molecule has 0 atom stereocenters. The Morgan fingerprint density at radius 2 is 2.00 bits per heavy atom. The smallest absolute Gasteiger partial charge is 0.278 e. The van der Waals surface area contributed by atoms with Crippen LogP contribution >= 0.6 is 0 Å². The third-order valence-corrected chi connectivity index (χ3v) is 3.65. The van der Waals surface area contributed by atoms with Crippen LogP contribution in [-0.2, 0) is 0 Å². The number of rotatable bonds is 4. The Labute approximate surface area is 154 Å². The van der Waals surface area contributed by atoms with E-state index in [0.29, 0.717) is 23.0 Å². The quantitative estimate of drug-likeness (QED) is 0.574. The van der Waals surface area contributed by atoms with E-state index in [9.17, 15) is 4.79 Å². The average Bonchev–Trinajstić information content (AvgIpc) is 3.19. The second-order valence-corrected chi connectivity index (χ2v) is 5.61. The summed E-state index contributed by atoms with van der Waals surface area (Å²) in [4.78, 5) is 33.5. The zero-order valence-corrected chi connectivity index (χ0v) is 14.3. The van der Waals surface area contributed by atoms with E-state index in [1.807, 2.05) is 18.2 Å². The standard InChI is InChI=1S/C18H14N8O/c1-11-21-16(13-6-2-3-8-20-13)23-18(22-11)24-17(27)15-9-14(25-26-15)12-5-4-7-19-10-12/h2-10H,1H3,(H,25,26)(H,21,22,23,24,27). The van der Waals surface area contributed by atoms with Crippen LogP contribution in [0.3, 0.4) is 0 Å². The van der Waals surface area contributed by atoms with Gasteiger partial charge < -0.3 is 0 Å². The number of pyridine rings is 2. The number of aryl methyl sites for hydroxylation is 1. The third-order valence-electron chi connectivity index (χ3n) is 3.65. The first-order valence-electron chi connectivity index (χ1n) is 8.10. The number of carbonyl (C=O) groups excluding carboxylic acids is 1. The Hall–Kier alpha value is -4.01. The van der Waals surface area contributed by atoms with Crippen molar-refractivity contribution in [1.29, 1.82) is 0 Å². The van der Waals surface area contributed by atoms with Gasteiger partial charge in [-0.05, 0) is 37.3 Å². The Kier molecular flexibility index (Phi) is 4.32. The Bertz CT molecular complexity index is 1080. The molecular formula is C18H14N8O. The van der Waals surface area contributed by atoms with E-state index < -0.39 is 5.91 Å². The second-order valence-electron chi connectivity index (χ2n) is 5.61. The number of anilines is 1. The van der Waals surface area contributed by atoms with Crippen LogP contribution in [0.5, 0.6) is 0 Å². The number of hydrogen-bond acceptors (Lipinski definition) is 7. The van der Waals surface area contributed by atoms with Crippen LogP contribution in [-0.4, -0.2) is 41.0 Å². The molecule has 132 valence electrons. The summed E-state index contributed by atoms with van der Waals surface area (Å²) in [6, 6.07) is 10.7. The van der Waals surface area contributed by atoms with E-state index in [-0.39, 0.29) is 11.6 Å². The molecule has 0 aliphatic rings. The maximum atomic E-state index is 12.5. The molecule has 0 fully saturated rings. The van der Waals surface area contributed by atoms with E-state index in [0.717, 1.165) is 5.56 Å². The SMILES string of the molecule is Cc1nc(NC(=O)c2cc(-c3cccnc3)[nH]n2)nc(-c2ccccn2)n1. The van der Waals surface area contributed by atoms with Gasteiger partial charge in [-0.25, -0.2) is 4.98 Å². The molecule has 27 heavy (non-hydrogen) atoms. The maximum absolute atomic E-state index is 12.5. The molecule has 4 aromatic heterocycles. The summed E-state index contributed by atoms with van der Waals surface area (Å²) in [5.41, 5.74) is 2.33. The molecule has 2 N–H and O–H groups in total. The fourth-order valence-corrected chi connectivity index (χ4v) is 2.42. The number of aromatic nitrogens is 7. The Morgan fingerprint density at radius 3 is 2.78 bits per heavy atom. The lowest BCUT2D eigenvalue weighted by molar-refractivity contribution is 0.102. The molecule has 0 saturated heterocycles. The number of H-pyrrole nitrogens is 1. The number of amides is 1. The van der Waals surface area contributed by atoms with E-state index in [4.69, 9.17) is 0 Å². The van der Waals surface area contributed by atoms with Gasteiger partial charge in [0.15, 0.2) is 11.5 Å². The van der Waals surface area contributed by atoms with Gasteiger partial charge in [0.25, 0.3) is 5.91 Å². The van der Waals surface area contributed by atoms with Crippen LogP contribution in [0, 0.1) is 6.92 Å². The highest BCUT2D eigenvalue weighted by atomic mass is 16.2. The molecule has 0 bridgehead atoms. The first-order chi connectivity index (χ1) is 13.2. The van der Waals surface area contributed by atoms with Crippen molar-refractivity contribution in [2.24, 2.45) is 0 Å². The molecule has 4 aromatic rings. The molecule has 4 heterocycles. The summed E-state index contributed by atoms with van der Waals surface area (Å²) in [7, 11) is 0. The first-order valence-corrected chi connectivity index (χ1v) is 8.10. The van der Waals surface area contributed by atoms with Gasteiger partial charge in [-0.3, -0.25) is 25.2 Å². The van der Waals surface area contributed by atoms with Crippen molar-refractivity contribution in [3.63, 3.8) is 0 Å². The zero-order valence-electron chi connectivity index (χ0n) is 14.3. The van der Waals surface area contributed by atoms with Crippen LogP contribution < -0.4 is 5.32 Å². The first kappa shape index (κ1) is 16.5. The van der Waals surface area contributed by atoms with Gasteiger partial charge in [0.1, 0.15) is 11.5 Å². The molecular weight excluding hydrogens is 344 g/mol. The Balaban J connectivity index is 1.57. The molecule has 9 heteroatoms. The summed E-state index contributed by atoms with van der Waals surface area (Å²) >= 11 is 0. The molecule has 0 unspecified atom stereocenters. The van der Waals surface area contributed by atoms with Crippen molar-refractivity contribution in [3.8, 4) is 22.8 Å². The number of hydrogen-bond donors (Lipinski definition) is 2. The number of aromatic amines is 1. The predicted octanol–water partition coefficient (Wildman–Crippen LogP) is 2.28. The van der Waals surface area contributed by atoms with Gasteiger partial charge in [0, 0.05) is 24.2 Å². The fourth-order valence-electron chi connectivity index (χ4n) is 2.42. The molecule has 0 aliphatic carbocycles. The van der Waals surface area contributed by atoms with E-state index >= 15 is 0 Å². The summed E-state index contributed by atoms with van der Waals surface area (Å²) < 4.78 is 0. The monoisotopic (exact) mass is 358 g/mol. The molecule has 0 saturated carbocycles. The highest BCUT2D eigenvalue weighted by molar-refractivity contribution is 6.02. The van der Waals surface area contributed by atoms with E-state index in [2.05, 4.69) is 40.4 Å². The van der Waals surface area contributed by atoms with Crippen LogP contribution in [0.2, 0.25) is 0 Å². The normalized spacial score (nSPS) is 10.6. The van der Waals surface area contributed by atoms with Crippen LogP contribution in [0.4, 0.5) is 5.95 Å². The largest absolute Gasteiger partial charge is 0.289 e. The average molecular weight is 358 g/mol. The van der Waals surface area contributed by atoms with Crippen molar-refractivity contribution in [1.82, 2.24) is 35.1 Å². The molecule has 0 radical (unpaired) electrons. The van der Waals surface area contributed by atoms with Gasteiger partial charge >= 0.3 is 0 Å². The minimum atomic E-state index is -0.432. The minimum absolute atomic E-state index is 0.138. The third kappa shape index (κ3) is 3.66. The maximum Gasteiger partial charge on any atom is 0.278 e. The fraction of sp³-hybridized carbons (Fsp3) is 0.0556. The molecule has 0 aliphatic heterocycles. The van der Waals surface area contributed by atoms with E-state index in [1.165, 1.54) is 0 Å². The van der Waals surface area contributed by atoms with Crippen LogP contribution in [0.1, 0.15) is 16.3 Å². The van der Waals surface area contributed by atoms with Crippen molar-refractivity contribution in [2.75, 3.05) is 5.32 Å². The van der Waals surface area contributed by atoms with Gasteiger partial charge in [-0.15, -0.1) is 0 Å². The lowest BCUT2D eigenvalue weighted by atomic mass is 10.2. The number of nitrogens with zero attached hydrogens (tertiary/aromatic N) is 6. The number of nitrogens with one attached hydrogen (secondary N) is 2. The summed E-state index contributed by atoms with van der Waals surface area (Å²) in [5.74, 6) is 0.563. The van der Waals surface area contributed by atoms with Crippen molar-refractivity contribution < 1.29 is 4.79 Å². The van der Waals surface area contributed by atoms with Crippen molar-refractivity contribution in [2.45, 2.75) is 6.92 Å². The summed E-state index contributed by atoms with van der Waals surface area (Å²) in [5, 5.41) is 9.51. The molecule has 0 spiro atoms. The van der Waals surface area contributed by atoms with Gasteiger partial charge in [-0.2, -0.15) is 15.1 Å². The van der Waals surface area contributed by atoms with Gasteiger partial charge in [0.05, 0.1) is 5.69 Å². The van der Waals surface area contributed by atoms with Crippen LogP contribution in [0.15, 0.2) is 55.0 Å². The van der Waals surface area contributed by atoms with E-state index in [1.54, 1.807) is 43.7 Å².